The number of aromatic nitrogens is 2. The van der Waals surface area contributed by atoms with E-state index in [-0.39, 0.29) is 6.42 Å². The smallest absolute Gasteiger partial charge is 0.369 e. The fourth-order valence-electron chi connectivity index (χ4n) is 1.49. The quantitative estimate of drug-likeness (QED) is 0.785. The maximum atomic E-state index is 12.5. The third-order valence-electron chi connectivity index (χ3n) is 2.13. The number of alkyl halides is 3. The number of halogens is 4. The molecule has 0 saturated carbocycles. The van der Waals surface area contributed by atoms with Gasteiger partial charge in [0.25, 0.3) is 0 Å². The number of hydrogen-bond acceptors (Lipinski definition) is 2. The molecule has 78 valence electrons. The van der Waals surface area contributed by atoms with E-state index < -0.39 is 12.2 Å². The van der Waals surface area contributed by atoms with Crippen LogP contribution in [0.3, 0.4) is 0 Å². The summed E-state index contributed by atoms with van der Waals surface area (Å²) >= 11 is 3.13. The molecule has 2 heterocycles. The molecule has 1 aromatic heterocycles. The minimum Gasteiger partial charge on any atom is -0.369 e. The number of anilines is 1. The van der Waals surface area contributed by atoms with Crippen LogP contribution < -0.4 is 5.32 Å². The predicted molar refractivity (Wildman–Crippen MR) is 48.1 cm³/mol. The Labute approximate surface area is 86.4 Å². The van der Waals surface area contributed by atoms with Gasteiger partial charge in [-0.1, -0.05) is 0 Å². The second-order valence-electron chi connectivity index (χ2n) is 3.06. The standard InChI is InChI=1S/C7H7BrF3N3/c8-4-3-13-14-5(7(9,10)11)1-2-12-6(4)14/h3,5,12H,1-2H2. The molecule has 1 aliphatic heterocycles. The molecule has 1 aromatic rings. The zero-order valence-corrected chi connectivity index (χ0v) is 8.56. The highest BCUT2D eigenvalue weighted by molar-refractivity contribution is 9.10. The molecule has 0 bridgehead atoms. The van der Waals surface area contributed by atoms with Crippen LogP contribution in [-0.4, -0.2) is 22.5 Å². The Morgan fingerprint density at radius 3 is 2.93 bits per heavy atom. The monoisotopic (exact) mass is 269 g/mol. The number of rotatable bonds is 0. The summed E-state index contributed by atoms with van der Waals surface area (Å²) in [5, 5.41) is 6.56. The van der Waals surface area contributed by atoms with E-state index in [2.05, 4.69) is 26.3 Å². The first kappa shape index (κ1) is 9.82. The average Bonchev–Trinajstić information content (AvgIpc) is 2.46. The van der Waals surface area contributed by atoms with Crippen molar-refractivity contribution in [1.82, 2.24) is 9.78 Å². The molecular weight excluding hydrogens is 263 g/mol. The lowest BCUT2D eigenvalue weighted by Crippen LogP contribution is -2.33. The highest BCUT2D eigenvalue weighted by atomic mass is 79.9. The van der Waals surface area contributed by atoms with Gasteiger partial charge in [-0.05, 0) is 22.4 Å². The van der Waals surface area contributed by atoms with Crippen molar-refractivity contribution in [3.63, 3.8) is 0 Å². The van der Waals surface area contributed by atoms with E-state index in [0.29, 0.717) is 16.8 Å². The van der Waals surface area contributed by atoms with E-state index in [1.54, 1.807) is 0 Å². The van der Waals surface area contributed by atoms with E-state index >= 15 is 0 Å². The first-order chi connectivity index (χ1) is 6.50. The summed E-state index contributed by atoms with van der Waals surface area (Å²) < 4.78 is 39.1. The van der Waals surface area contributed by atoms with Crippen molar-refractivity contribution in [2.75, 3.05) is 11.9 Å². The molecule has 0 radical (unpaired) electrons. The maximum absolute atomic E-state index is 12.5. The van der Waals surface area contributed by atoms with E-state index in [9.17, 15) is 13.2 Å². The van der Waals surface area contributed by atoms with Gasteiger partial charge in [0.1, 0.15) is 5.82 Å². The lowest BCUT2D eigenvalue weighted by Gasteiger charge is -2.27. The Morgan fingerprint density at radius 1 is 1.57 bits per heavy atom. The molecule has 14 heavy (non-hydrogen) atoms. The zero-order valence-electron chi connectivity index (χ0n) is 6.98. The number of fused-ring (bicyclic) bond motifs is 1. The molecule has 1 aliphatic rings. The molecule has 2 rings (SSSR count). The minimum absolute atomic E-state index is 0.0185. The molecule has 0 saturated heterocycles. The van der Waals surface area contributed by atoms with Gasteiger partial charge in [-0.2, -0.15) is 18.3 Å². The largest absolute Gasteiger partial charge is 0.410 e. The van der Waals surface area contributed by atoms with Gasteiger partial charge in [-0.25, -0.2) is 4.68 Å². The normalized spacial score (nSPS) is 21.6. The van der Waals surface area contributed by atoms with Crippen molar-refractivity contribution in [3.8, 4) is 0 Å². The Balaban J connectivity index is 2.41. The van der Waals surface area contributed by atoms with Crippen LogP contribution in [-0.2, 0) is 0 Å². The van der Waals surface area contributed by atoms with Crippen molar-refractivity contribution < 1.29 is 13.2 Å². The second-order valence-corrected chi connectivity index (χ2v) is 3.91. The van der Waals surface area contributed by atoms with Crippen LogP contribution in [0.1, 0.15) is 12.5 Å². The SMILES string of the molecule is FC(F)(F)C1CCNc2c(Br)cnn21. The Morgan fingerprint density at radius 2 is 2.29 bits per heavy atom. The van der Waals surface area contributed by atoms with Gasteiger partial charge in [0.2, 0.25) is 0 Å². The van der Waals surface area contributed by atoms with Gasteiger partial charge in [0.05, 0.1) is 10.7 Å². The molecular formula is C7H7BrF3N3. The van der Waals surface area contributed by atoms with Gasteiger partial charge in [-0.15, -0.1) is 0 Å². The van der Waals surface area contributed by atoms with E-state index in [4.69, 9.17) is 0 Å². The summed E-state index contributed by atoms with van der Waals surface area (Å²) in [6.07, 6.45) is -2.85. The first-order valence-electron chi connectivity index (χ1n) is 4.04. The molecule has 7 heteroatoms. The number of hydrogen-bond donors (Lipinski definition) is 1. The molecule has 0 spiro atoms. The highest BCUT2D eigenvalue weighted by Gasteiger charge is 2.44. The third-order valence-corrected chi connectivity index (χ3v) is 2.71. The Kier molecular flexibility index (Phi) is 2.21. The second kappa shape index (κ2) is 3.15. The van der Waals surface area contributed by atoms with Crippen molar-refractivity contribution in [2.45, 2.75) is 18.6 Å². The van der Waals surface area contributed by atoms with Crippen LogP contribution in [0, 0.1) is 0 Å². The van der Waals surface area contributed by atoms with E-state index in [1.165, 1.54) is 6.20 Å². The third kappa shape index (κ3) is 1.49. The topological polar surface area (TPSA) is 29.9 Å². The molecule has 1 unspecified atom stereocenters. The highest BCUT2D eigenvalue weighted by Crippen LogP contribution is 2.39. The van der Waals surface area contributed by atoms with Crippen LogP contribution in [0.25, 0.3) is 0 Å². The van der Waals surface area contributed by atoms with Crippen LogP contribution in [0.15, 0.2) is 10.7 Å². The van der Waals surface area contributed by atoms with Crippen LogP contribution >= 0.6 is 15.9 Å². The van der Waals surface area contributed by atoms with Gasteiger partial charge in [-0.3, -0.25) is 0 Å². The number of nitrogens with one attached hydrogen (secondary N) is 1. The molecule has 1 atom stereocenters. The van der Waals surface area contributed by atoms with Crippen LogP contribution in [0.2, 0.25) is 0 Å². The first-order valence-corrected chi connectivity index (χ1v) is 4.83. The van der Waals surface area contributed by atoms with E-state index in [1.807, 2.05) is 0 Å². The predicted octanol–water partition coefficient (Wildman–Crippen LogP) is 2.56. The van der Waals surface area contributed by atoms with E-state index in [0.717, 1.165) is 4.68 Å². The summed E-state index contributed by atoms with van der Waals surface area (Å²) in [5.41, 5.74) is 0. The molecule has 0 fully saturated rings. The molecule has 0 amide bonds. The summed E-state index contributed by atoms with van der Waals surface area (Å²) in [7, 11) is 0. The van der Waals surface area contributed by atoms with Crippen LogP contribution in [0.5, 0.6) is 0 Å². The summed E-state index contributed by atoms with van der Waals surface area (Å²) in [5.74, 6) is 0.401. The summed E-state index contributed by atoms with van der Waals surface area (Å²) in [6, 6.07) is -1.51. The van der Waals surface area contributed by atoms with Crippen molar-refractivity contribution in [2.24, 2.45) is 0 Å². The Hall–Kier alpha value is -0.720. The van der Waals surface area contributed by atoms with Gasteiger partial charge < -0.3 is 5.32 Å². The fraction of sp³-hybridized carbons (Fsp3) is 0.571. The molecule has 1 N–H and O–H groups in total. The molecule has 0 aromatic carbocycles. The van der Waals surface area contributed by atoms with Gasteiger partial charge >= 0.3 is 6.18 Å². The van der Waals surface area contributed by atoms with Crippen molar-refractivity contribution >= 4 is 21.7 Å². The van der Waals surface area contributed by atoms with Gasteiger partial charge in [0, 0.05) is 6.54 Å². The Bertz CT molecular complexity index is 346. The van der Waals surface area contributed by atoms with Gasteiger partial charge in [0.15, 0.2) is 6.04 Å². The summed E-state index contributed by atoms with van der Waals surface area (Å²) in [6.45, 7) is 0.314. The zero-order chi connectivity index (χ0) is 10.3. The van der Waals surface area contributed by atoms with Crippen molar-refractivity contribution in [3.05, 3.63) is 10.7 Å². The van der Waals surface area contributed by atoms with Crippen LogP contribution in [0.4, 0.5) is 19.0 Å². The number of nitrogens with zero attached hydrogens (tertiary/aromatic N) is 2. The minimum atomic E-state index is -4.23. The maximum Gasteiger partial charge on any atom is 0.410 e. The lowest BCUT2D eigenvalue weighted by atomic mass is 10.1. The van der Waals surface area contributed by atoms with Crippen molar-refractivity contribution in [1.29, 1.82) is 0 Å². The fourth-order valence-corrected chi connectivity index (χ4v) is 1.91. The molecule has 3 nitrogen and oxygen atoms in total. The lowest BCUT2D eigenvalue weighted by molar-refractivity contribution is -0.171. The molecule has 0 aliphatic carbocycles. The average molecular weight is 270 g/mol. The summed E-state index contributed by atoms with van der Waals surface area (Å²) in [4.78, 5) is 0.